The molecule has 0 saturated heterocycles. The molecule has 0 aliphatic heterocycles. The number of halogens is 6. The van der Waals surface area contributed by atoms with Gasteiger partial charge in [-0.15, -0.1) is 0 Å². The van der Waals surface area contributed by atoms with Crippen LogP contribution in [0.1, 0.15) is 43.2 Å². The van der Waals surface area contributed by atoms with Gasteiger partial charge in [0, 0.05) is 11.4 Å². The summed E-state index contributed by atoms with van der Waals surface area (Å²) in [6, 6.07) is 7.78. The molecule has 1 aliphatic rings. The van der Waals surface area contributed by atoms with E-state index in [1.807, 2.05) is 0 Å². The summed E-state index contributed by atoms with van der Waals surface area (Å²) in [5.41, 5.74) is 0.312. The fourth-order valence-electron chi connectivity index (χ4n) is 3.23. The average Bonchev–Trinajstić information content (AvgIpc) is 3.41. The second-order valence-electron chi connectivity index (χ2n) is 7.49. The first kappa shape index (κ1) is 22.3. The Labute approximate surface area is 175 Å². The molecule has 2 aromatic rings. The topological polar surface area (TPSA) is 38.3 Å². The molecular weight excluding hydrogens is 429 g/mol. The molecule has 0 spiro atoms. The van der Waals surface area contributed by atoms with E-state index in [9.17, 15) is 26.7 Å². The van der Waals surface area contributed by atoms with Crippen molar-refractivity contribution in [3.8, 4) is 5.75 Å². The lowest BCUT2D eigenvalue weighted by atomic mass is 9.96. The van der Waals surface area contributed by atoms with Crippen molar-refractivity contribution in [1.82, 2.24) is 5.32 Å². The average molecular weight is 448 g/mol. The van der Waals surface area contributed by atoms with E-state index >= 15 is 0 Å². The fourth-order valence-corrected chi connectivity index (χ4v) is 3.46. The second-order valence-corrected chi connectivity index (χ2v) is 7.92. The van der Waals surface area contributed by atoms with E-state index in [1.54, 1.807) is 13.0 Å². The summed E-state index contributed by atoms with van der Waals surface area (Å²) in [6.45, 7) is 0.270. The number of carbonyl (C=O) groups excluding carboxylic acids is 1. The Bertz CT molecular complexity index is 943. The van der Waals surface area contributed by atoms with Gasteiger partial charge in [0.15, 0.2) is 18.2 Å². The van der Waals surface area contributed by atoms with E-state index in [1.165, 1.54) is 18.2 Å². The van der Waals surface area contributed by atoms with Crippen molar-refractivity contribution in [3.63, 3.8) is 0 Å². The lowest BCUT2D eigenvalue weighted by molar-refractivity contribution is -0.153. The van der Waals surface area contributed by atoms with Crippen LogP contribution in [0.3, 0.4) is 0 Å². The zero-order valence-electron chi connectivity index (χ0n) is 16.0. The minimum atomic E-state index is -4.48. The molecule has 3 nitrogen and oxygen atoms in total. The lowest BCUT2D eigenvalue weighted by Crippen LogP contribution is -2.35. The van der Waals surface area contributed by atoms with Gasteiger partial charge in [0.05, 0.1) is 5.54 Å². The molecule has 1 fully saturated rings. The van der Waals surface area contributed by atoms with E-state index < -0.39 is 30.0 Å². The van der Waals surface area contributed by atoms with Gasteiger partial charge in [0.2, 0.25) is 5.91 Å². The number of alkyl halides is 3. The van der Waals surface area contributed by atoms with Gasteiger partial charge in [-0.1, -0.05) is 24.6 Å². The molecule has 0 bridgehead atoms. The summed E-state index contributed by atoms with van der Waals surface area (Å²) in [4.78, 5) is 12.5. The van der Waals surface area contributed by atoms with Gasteiger partial charge >= 0.3 is 6.18 Å². The number of benzene rings is 2. The summed E-state index contributed by atoms with van der Waals surface area (Å²) in [5, 5.41) is 3.09. The molecule has 30 heavy (non-hydrogen) atoms. The van der Waals surface area contributed by atoms with Crippen molar-refractivity contribution >= 4 is 17.5 Å². The van der Waals surface area contributed by atoms with Crippen molar-refractivity contribution in [2.75, 3.05) is 6.61 Å². The summed E-state index contributed by atoms with van der Waals surface area (Å²) >= 11 is 6.02. The molecule has 0 radical (unpaired) electrons. The first-order chi connectivity index (χ1) is 14.0. The van der Waals surface area contributed by atoms with Crippen LogP contribution in [0.4, 0.5) is 22.0 Å². The van der Waals surface area contributed by atoms with E-state index in [4.69, 9.17) is 16.3 Å². The van der Waals surface area contributed by atoms with E-state index in [0.29, 0.717) is 24.0 Å². The van der Waals surface area contributed by atoms with Crippen LogP contribution in [-0.4, -0.2) is 18.7 Å². The smallest absolute Gasteiger partial charge is 0.422 e. The van der Waals surface area contributed by atoms with Crippen molar-refractivity contribution in [2.45, 2.75) is 43.8 Å². The summed E-state index contributed by atoms with van der Waals surface area (Å²) in [6.07, 6.45) is -3.26. The number of ether oxygens (including phenoxy) is 1. The molecule has 1 N–H and O–H groups in total. The van der Waals surface area contributed by atoms with Crippen molar-refractivity contribution in [3.05, 3.63) is 64.2 Å². The van der Waals surface area contributed by atoms with Crippen molar-refractivity contribution < 1.29 is 31.5 Å². The molecule has 0 aromatic heterocycles. The molecule has 1 unspecified atom stereocenters. The molecule has 2 aromatic carbocycles. The molecule has 1 saturated carbocycles. The van der Waals surface area contributed by atoms with Gasteiger partial charge in [0.25, 0.3) is 0 Å². The maximum atomic E-state index is 13.4. The Morgan fingerprint density at radius 1 is 1.17 bits per heavy atom. The van der Waals surface area contributed by atoms with Gasteiger partial charge < -0.3 is 10.1 Å². The third-order valence-corrected chi connectivity index (χ3v) is 5.18. The third-order valence-electron chi connectivity index (χ3n) is 4.96. The molecule has 3 rings (SSSR count). The molecule has 0 heterocycles. The van der Waals surface area contributed by atoms with Gasteiger partial charge in [-0.25, -0.2) is 8.78 Å². The molecular formula is C21H19ClF5NO2. The van der Waals surface area contributed by atoms with Crippen molar-refractivity contribution in [1.29, 1.82) is 0 Å². The predicted molar refractivity (Wildman–Crippen MR) is 101 cm³/mol. The van der Waals surface area contributed by atoms with Crippen LogP contribution in [0.15, 0.2) is 36.4 Å². The van der Waals surface area contributed by atoms with E-state index in [2.05, 4.69) is 5.32 Å². The van der Waals surface area contributed by atoms with Crippen molar-refractivity contribution in [2.24, 2.45) is 0 Å². The second kappa shape index (κ2) is 8.41. The predicted octanol–water partition coefficient (Wildman–Crippen LogP) is 5.86. The molecule has 1 aliphatic carbocycles. The standard InChI is InChI=1S/C21H19ClF5NO2/c1-12(13-2-3-17(23)18(24)7-13)6-19(29)28-20(4-5-20)14-8-15(22)10-16(9-14)30-11-21(25,26)27/h2-3,7-10,12H,4-6,11H2,1H3,(H,28,29). The third kappa shape index (κ3) is 5.62. The summed E-state index contributed by atoms with van der Waals surface area (Å²) in [5.74, 6) is -2.66. The largest absolute Gasteiger partial charge is 0.484 e. The highest BCUT2D eigenvalue weighted by Gasteiger charge is 2.46. The number of nitrogens with one attached hydrogen (secondary N) is 1. The quantitative estimate of drug-likeness (QED) is 0.540. The van der Waals surface area contributed by atoms with E-state index in [0.717, 1.165) is 12.1 Å². The Morgan fingerprint density at radius 3 is 2.47 bits per heavy atom. The highest BCUT2D eigenvalue weighted by molar-refractivity contribution is 6.30. The van der Waals surface area contributed by atoms with Crippen LogP contribution in [0, 0.1) is 11.6 Å². The normalized spacial score (nSPS) is 16.1. The maximum absolute atomic E-state index is 13.4. The van der Waals surface area contributed by atoms with Crippen LogP contribution >= 0.6 is 11.6 Å². The molecule has 1 amide bonds. The molecule has 162 valence electrons. The Hall–Kier alpha value is -2.35. The number of carbonyl (C=O) groups is 1. The van der Waals surface area contributed by atoms with Gasteiger partial charge in [-0.2, -0.15) is 13.2 Å². The van der Waals surface area contributed by atoms with Crippen LogP contribution in [0.2, 0.25) is 5.02 Å². The Balaban J connectivity index is 1.68. The number of hydrogen-bond acceptors (Lipinski definition) is 2. The fraction of sp³-hybridized carbons (Fsp3) is 0.381. The Morgan fingerprint density at radius 2 is 1.87 bits per heavy atom. The van der Waals surface area contributed by atoms with Gasteiger partial charge in [-0.05, 0) is 60.2 Å². The van der Waals surface area contributed by atoms with Crippen LogP contribution in [0.25, 0.3) is 0 Å². The first-order valence-corrected chi connectivity index (χ1v) is 9.62. The zero-order chi connectivity index (χ0) is 22.1. The van der Waals surface area contributed by atoms with Crippen LogP contribution in [0.5, 0.6) is 5.75 Å². The molecule has 9 heteroatoms. The van der Waals surface area contributed by atoms with Crippen LogP contribution < -0.4 is 10.1 Å². The highest BCUT2D eigenvalue weighted by Crippen LogP contribution is 2.47. The number of hydrogen-bond donors (Lipinski definition) is 1. The highest BCUT2D eigenvalue weighted by atomic mass is 35.5. The van der Waals surface area contributed by atoms with Gasteiger partial charge in [0.1, 0.15) is 5.75 Å². The zero-order valence-corrected chi connectivity index (χ0v) is 16.7. The number of amides is 1. The minimum Gasteiger partial charge on any atom is -0.484 e. The summed E-state index contributed by atoms with van der Waals surface area (Å²) < 4.78 is 68.5. The maximum Gasteiger partial charge on any atom is 0.422 e. The van der Waals surface area contributed by atoms with Gasteiger partial charge in [-0.3, -0.25) is 4.79 Å². The first-order valence-electron chi connectivity index (χ1n) is 9.24. The molecule has 1 atom stereocenters. The SMILES string of the molecule is CC(CC(=O)NC1(c2cc(Cl)cc(OCC(F)(F)F)c2)CC1)c1ccc(F)c(F)c1. The Kier molecular flexibility index (Phi) is 6.26. The van der Waals surface area contributed by atoms with E-state index in [-0.39, 0.29) is 29.0 Å². The lowest BCUT2D eigenvalue weighted by Gasteiger charge is -2.21. The number of rotatable bonds is 7. The summed E-state index contributed by atoms with van der Waals surface area (Å²) in [7, 11) is 0. The monoisotopic (exact) mass is 447 g/mol. The minimum absolute atomic E-state index is 0.0326. The van der Waals surface area contributed by atoms with Crippen LogP contribution in [-0.2, 0) is 10.3 Å².